The second-order valence-corrected chi connectivity index (χ2v) is 5.10. The molecular formula is C18H21NO2. The summed E-state index contributed by atoms with van der Waals surface area (Å²) in [6.45, 7) is 3.84. The van der Waals surface area contributed by atoms with Crippen molar-refractivity contribution in [3.8, 4) is 0 Å². The number of carbonyl (C=O) groups excluding carboxylic acids is 1. The van der Waals surface area contributed by atoms with E-state index >= 15 is 0 Å². The fraction of sp³-hybridized carbons (Fsp3) is 0.278. The van der Waals surface area contributed by atoms with E-state index in [0.717, 1.165) is 25.1 Å². The van der Waals surface area contributed by atoms with Gasteiger partial charge in [-0.25, -0.2) is 4.79 Å². The van der Waals surface area contributed by atoms with Gasteiger partial charge in [0.15, 0.2) is 0 Å². The van der Waals surface area contributed by atoms with Crippen LogP contribution in [-0.4, -0.2) is 19.6 Å². The Morgan fingerprint density at radius 1 is 1.10 bits per heavy atom. The van der Waals surface area contributed by atoms with Gasteiger partial charge in [-0.1, -0.05) is 42.0 Å². The van der Waals surface area contributed by atoms with Crippen LogP contribution in [0.25, 0.3) is 0 Å². The quantitative estimate of drug-likeness (QED) is 0.654. The molecule has 110 valence electrons. The highest BCUT2D eigenvalue weighted by Gasteiger charge is 2.03. The Morgan fingerprint density at radius 2 is 1.86 bits per heavy atom. The molecule has 0 aromatic heterocycles. The van der Waals surface area contributed by atoms with Crippen molar-refractivity contribution in [2.45, 2.75) is 19.9 Å². The Kier molecular flexibility index (Phi) is 5.52. The fourth-order valence-corrected chi connectivity index (χ4v) is 2.21. The fourth-order valence-electron chi connectivity index (χ4n) is 2.21. The molecule has 0 fully saturated rings. The highest BCUT2D eigenvalue weighted by atomic mass is 16.5. The second-order valence-electron chi connectivity index (χ2n) is 5.10. The van der Waals surface area contributed by atoms with Crippen LogP contribution < -0.4 is 5.32 Å². The van der Waals surface area contributed by atoms with Crippen LogP contribution in [0.3, 0.4) is 0 Å². The smallest absolute Gasteiger partial charge is 0.337 e. The number of rotatable bonds is 6. The molecule has 2 aromatic rings. The second kappa shape index (κ2) is 7.60. The Bertz CT molecular complexity index is 590. The van der Waals surface area contributed by atoms with E-state index in [1.807, 2.05) is 12.1 Å². The summed E-state index contributed by atoms with van der Waals surface area (Å²) in [5.41, 5.74) is 4.39. The molecule has 0 radical (unpaired) electrons. The van der Waals surface area contributed by atoms with E-state index < -0.39 is 0 Å². The lowest BCUT2D eigenvalue weighted by molar-refractivity contribution is 0.0600. The molecule has 0 aliphatic rings. The molecule has 0 heterocycles. The molecule has 21 heavy (non-hydrogen) atoms. The summed E-state index contributed by atoms with van der Waals surface area (Å²) in [6, 6.07) is 16.1. The van der Waals surface area contributed by atoms with Gasteiger partial charge in [0.1, 0.15) is 0 Å². The van der Waals surface area contributed by atoms with Crippen molar-refractivity contribution in [2.24, 2.45) is 0 Å². The first-order valence-corrected chi connectivity index (χ1v) is 7.12. The monoisotopic (exact) mass is 283 g/mol. The zero-order chi connectivity index (χ0) is 15.1. The minimum absolute atomic E-state index is 0.297. The van der Waals surface area contributed by atoms with Crippen LogP contribution in [-0.2, 0) is 17.7 Å². The van der Waals surface area contributed by atoms with Crippen LogP contribution >= 0.6 is 0 Å². The molecule has 0 aliphatic carbocycles. The first-order valence-electron chi connectivity index (χ1n) is 7.12. The van der Waals surface area contributed by atoms with Gasteiger partial charge in [-0.05, 0) is 43.1 Å². The number of hydrogen-bond acceptors (Lipinski definition) is 3. The number of ether oxygens (including phenoxy) is 1. The van der Waals surface area contributed by atoms with Gasteiger partial charge < -0.3 is 10.1 Å². The Morgan fingerprint density at radius 3 is 2.52 bits per heavy atom. The molecular weight excluding hydrogens is 262 g/mol. The van der Waals surface area contributed by atoms with E-state index in [0.29, 0.717) is 5.56 Å². The average Bonchev–Trinajstić information content (AvgIpc) is 2.51. The van der Waals surface area contributed by atoms with Gasteiger partial charge in [-0.2, -0.15) is 0 Å². The van der Waals surface area contributed by atoms with E-state index in [1.165, 1.54) is 18.2 Å². The molecule has 3 heteroatoms. The summed E-state index contributed by atoms with van der Waals surface area (Å²) in [7, 11) is 1.39. The van der Waals surface area contributed by atoms with Crippen LogP contribution in [0, 0.1) is 6.92 Å². The third-order valence-electron chi connectivity index (χ3n) is 3.38. The summed E-state index contributed by atoms with van der Waals surface area (Å²) in [5, 5.41) is 3.42. The summed E-state index contributed by atoms with van der Waals surface area (Å²) in [6.07, 6.45) is 1.02. The highest BCUT2D eigenvalue weighted by Crippen LogP contribution is 2.06. The van der Waals surface area contributed by atoms with E-state index in [2.05, 4.69) is 41.2 Å². The molecule has 1 N–H and O–H groups in total. The highest BCUT2D eigenvalue weighted by molar-refractivity contribution is 5.89. The van der Waals surface area contributed by atoms with Crippen molar-refractivity contribution in [1.82, 2.24) is 5.32 Å². The van der Waals surface area contributed by atoms with Crippen LogP contribution in [0.2, 0.25) is 0 Å². The number of carbonyl (C=O) groups is 1. The van der Waals surface area contributed by atoms with Crippen molar-refractivity contribution in [1.29, 1.82) is 0 Å². The zero-order valence-electron chi connectivity index (χ0n) is 12.6. The third-order valence-corrected chi connectivity index (χ3v) is 3.38. The standard InChI is InChI=1S/C18H21NO2/c1-14-4-3-5-15(12-14)10-11-19-13-16-6-8-17(9-7-16)18(20)21-2/h3-9,12,19H,10-11,13H2,1-2H3. The minimum Gasteiger partial charge on any atom is -0.465 e. The van der Waals surface area contributed by atoms with E-state index in [9.17, 15) is 4.79 Å². The minimum atomic E-state index is -0.297. The zero-order valence-corrected chi connectivity index (χ0v) is 12.6. The van der Waals surface area contributed by atoms with Crippen LogP contribution in [0.5, 0.6) is 0 Å². The largest absolute Gasteiger partial charge is 0.465 e. The number of nitrogens with one attached hydrogen (secondary N) is 1. The van der Waals surface area contributed by atoms with Gasteiger partial charge in [-0.3, -0.25) is 0 Å². The number of hydrogen-bond donors (Lipinski definition) is 1. The van der Waals surface area contributed by atoms with Crippen molar-refractivity contribution in [3.63, 3.8) is 0 Å². The maximum absolute atomic E-state index is 11.3. The Labute approximate surface area is 126 Å². The normalized spacial score (nSPS) is 10.4. The van der Waals surface area contributed by atoms with Gasteiger partial charge in [0, 0.05) is 6.54 Å². The Balaban J connectivity index is 1.77. The van der Waals surface area contributed by atoms with Crippen molar-refractivity contribution in [3.05, 3.63) is 70.8 Å². The van der Waals surface area contributed by atoms with Gasteiger partial charge in [-0.15, -0.1) is 0 Å². The molecule has 3 nitrogen and oxygen atoms in total. The predicted molar refractivity (Wildman–Crippen MR) is 84.4 cm³/mol. The summed E-state index contributed by atoms with van der Waals surface area (Å²) in [5.74, 6) is -0.297. The van der Waals surface area contributed by atoms with E-state index in [1.54, 1.807) is 12.1 Å². The lowest BCUT2D eigenvalue weighted by Crippen LogP contribution is -2.16. The van der Waals surface area contributed by atoms with Crippen molar-refractivity contribution >= 4 is 5.97 Å². The lowest BCUT2D eigenvalue weighted by atomic mass is 10.1. The molecule has 0 saturated heterocycles. The van der Waals surface area contributed by atoms with Crippen LogP contribution in [0.1, 0.15) is 27.0 Å². The number of esters is 1. The van der Waals surface area contributed by atoms with E-state index in [4.69, 9.17) is 0 Å². The summed E-state index contributed by atoms with van der Waals surface area (Å²) >= 11 is 0. The molecule has 2 rings (SSSR count). The molecule has 0 atom stereocenters. The van der Waals surface area contributed by atoms with Gasteiger partial charge >= 0.3 is 5.97 Å². The molecule has 0 aliphatic heterocycles. The topological polar surface area (TPSA) is 38.3 Å². The maximum atomic E-state index is 11.3. The molecule has 0 saturated carbocycles. The SMILES string of the molecule is COC(=O)c1ccc(CNCCc2cccc(C)c2)cc1. The van der Waals surface area contributed by atoms with Crippen molar-refractivity contribution < 1.29 is 9.53 Å². The number of aryl methyl sites for hydroxylation is 1. The first kappa shape index (κ1) is 15.3. The summed E-state index contributed by atoms with van der Waals surface area (Å²) < 4.78 is 4.68. The van der Waals surface area contributed by atoms with Gasteiger partial charge in [0.25, 0.3) is 0 Å². The van der Waals surface area contributed by atoms with Crippen LogP contribution in [0.4, 0.5) is 0 Å². The predicted octanol–water partition coefficient (Wildman–Crippen LogP) is 3.11. The van der Waals surface area contributed by atoms with Gasteiger partial charge in [0.2, 0.25) is 0 Å². The summed E-state index contributed by atoms with van der Waals surface area (Å²) in [4.78, 5) is 11.3. The van der Waals surface area contributed by atoms with Gasteiger partial charge in [0.05, 0.1) is 12.7 Å². The lowest BCUT2D eigenvalue weighted by Gasteiger charge is -2.06. The molecule has 0 bridgehead atoms. The number of methoxy groups -OCH3 is 1. The van der Waals surface area contributed by atoms with E-state index in [-0.39, 0.29) is 5.97 Å². The average molecular weight is 283 g/mol. The third kappa shape index (κ3) is 4.72. The van der Waals surface area contributed by atoms with Crippen LogP contribution in [0.15, 0.2) is 48.5 Å². The Hall–Kier alpha value is -2.13. The maximum Gasteiger partial charge on any atom is 0.337 e. The molecule has 0 spiro atoms. The molecule has 0 unspecified atom stereocenters. The van der Waals surface area contributed by atoms with Crippen molar-refractivity contribution in [2.75, 3.05) is 13.7 Å². The molecule has 0 amide bonds. The number of benzene rings is 2. The molecule has 2 aromatic carbocycles. The first-order chi connectivity index (χ1) is 10.2.